The number of nitrogens with one attached hydrogen (secondary N) is 1. The van der Waals surface area contributed by atoms with Crippen molar-refractivity contribution < 1.29 is 13.9 Å². The van der Waals surface area contributed by atoms with Gasteiger partial charge in [-0.3, -0.25) is 4.79 Å². The van der Waals surface area contributed by atoms with Gasteiger partial charge in [0.1, 0.15) is 5.75 Å². The number of rotatable bonds is 11. The maximum Gasteiger partial charge on any atom is 0.220 e. The van der Waals surface area contributed by atoms with Gasteiger partial charge in [-0.1, -0.05) is 18.2 Å². The molecular weight excluding hydrogens is 388 g/mol. The van der Waals surface area contributed by atoms with Gasteiger partial charge in [-0.2, -0.15) is 0 Å². The van der Waals surface area contributed by atoms with Crippen molar-refractivity contribution in [3.63, 3.8) is 0 Å². The molecule has 29 heavy (non-hydrogen) atoms. The number of amides is 1. The molecule has 3 rings (SSSR count). The zero-order valence-electron chi connectivity index (χ0n) is 16.8. The van der Waals surface area contributed by atoms with Crippen molar-refractivity contribution in [2.75, 3.05) is 13.7 Å². The largest absolute Gasteiger partial charge is 0.496 e. The lowest BCUT2D eigenvalue weighted by Crippen LogP contribution is -2.25. The molecule has 1 N–H and O–H groups in total. The Kier molecular flexibility index (Phi) is 7.75. The third kappa shape index (κ3) is 6.39. The van der Waals surface area contributed by atoms with E-state index in [1.54, 1.807) is 18.4 Å². The summed E-state index contributed by atoms with van der Waals surface area (Å²) >= 11 is 1.66. The number of ether oxygens (including phenoxy) is 1. The van der Waals surface area contributed by atoms with Crippen LogP contribution in [0.4, 0.5) is 0 Å². The molecular formula is C21H26N4O3S. The molecule has 0 radical (unpaired) electrons. The van der Waals surface area contributed by atoms with Gasteiger partial charge in [-0.05, 0) is 37.8 Å². The van der Waals surface area contributed by atoms with Crippen molar-refractivity contribution in [2.24, 2.45) is 0 Å². The first kappa shape index (κ1) is 21.0. The maximum atomic E-state index is 12.0. The molecule has 0 saturated heterocycles. The molecule has 0 aliphatic carbocycles. The Bertz CT molecular complexity index is 922. The highest BCUT2D eigenvalue weighted by molar-refractivity contribution is 7.09. The van der Waals surface area contributed by atoms with Crippen LogP contribution in [-0.2, 0) is 30.5 Å². The summed E-state index contributed by atoms with van der Waals surface area (Å²) in [6, 6.07) is 7.88. The zero-order valence-corrected chi connectivity index (χ0v) is 17.6. The monoisotopic (exact) mass is 414 g/mol. The highest BCUT2D eigenvalue weighted by Gasteiger charge is 2.10. The molecule has 1 amide bonds. The summed E-state index contributed by atoms with van der Waals surface area (Å²) in [5.74, 6) is 1.93. The number of carbonyl (C=O) groups is 1. The van der Waals surface area contributed by atoms with Gasteiger partial charge in [0.05, 0.1) is 18.3 Å². The van der Waals surface area contributed by atoms with Crippen LogP contribution in [0.3, 0.4) is 0 Å². The topological polar surface area (TPSA) is 90.1 Å². The molecule has 7 nitrogen and oxygen atoms in total. The third-order valence-corrected chi connectivity index (χ3v) is 5.62. The average molecular weight is 415 g/mol. The van der Waals surface area contributed by atoms with E-state index in [2.05, 4.69) is 20.5 Å². The van der Waals surface area contributed by atoms with E-state index >= 15 is 0 Å². The molecule has 0 aliphatic heterocycles. The Morgan fingerprint density at radius 1 is 1.14 bits per heavy atom. The molecule has 154 valence electrons. The number of aryl methyl sites for hydroxylation is 5. The Hall–Kier alpha value is -2.74. The summed E-state index contributed by atoms with van der Waals surface area (Å²) in [7, 11) is 1.66. The number of nitrogens with zero attached hydrogens (tertiary/aromatic N) is 3. The van der Waals surface area contributed by atoms with Crippen LogP contribution in [0.2, 0.25) is 0 Å². The van der Waals surface area contributed by atoms with Gasteiger partial charge < -0.3 is 14.5 Å². The quantitative estimate of drug-likeness (QED) is 0.484. The SMILES string of the molecule is COc1ccccc1CCc1nnc(CCC(=O)NCCCc2scnc2C)o1. The number of hydrogen-bond acceptors (Lipinski definition) is 7. The summed E-state index contributed by atoms with van der Waals surface area (Å²) in [6.07, 6.45) is 4.02. The van der Waals surface area contributed by atoms with Gasteiger partial charge in [0.25, 0.3) is 0 Å². The fraction of sp³-hybridized carbons (Fsp3) is 0.429. The van der Waals surface area contributed by atoms with E-state index in [4.69, 9.17) is 9.15 Å². The minimum atomic E-state index is -0.000187. The van der Waals surface area contributed by atoms with Crippen LogP contribution in [0.1, 0.15) is 40.8 Å². The molecule has 2 heterocycles. The first-order chi connectivity index (χ1) is 14.2. The summed E-state index contributed by atoms with van der Waals surface area (Å²) in [5.41, 5.74) is 4.04. The minimum Gasteiger partial charge on any atom is -0.496 e. The van der Waals surface area contributed by atoms with Gasteiger partial charge in [0.2, 0.25) is 17.7 Å². The fourth-order valence-corrected chi connectivity index (χ4v) is 3.82. The van der Waals surface area contributed by atoms with E-state index in [9.17, 15) is 4.79 Å². The Morgan fingerprint density at radius 3 is 2.69 bits per heavy atom. The average Bonchev–Trinajstić information content (AvgIpc) is 3.37. The molecule has 3 aromatic rings. The molecule has 0 spiro atoms. The Morgan fingerprint density at radius 2 is 1.93 bits per heavy atom. The van der Waals surface area contributed by atoms with Crippen molar-refractivity contribution in [1.82, 2.24) is 20.5 Å². The number of hydrogen-bond donors (Lipinski definition) is 1. The van der Waals surface area contributed by atoms with Gasteiger partial charge in [0.15, 0.2) is 0 Å². The lowest BCUT2D eigenvalue weighted by molar-refractivity contribution is -0.121. The highest BCUT2D eigenvalue weighted by Crippen LogP contribution is 2.19. The number of benzene rings is 1. The van der Waals surface area contributed by atoms with Gasteiger partial charge >= 0.3 is 0 Å². The Labute approximate surface area is 174 Å². The van der Waals surface area contributed by atoms with Crippen LogP contribution < -0.4 is 10.1 Å². The van der Waals surface area contributed by atoms with Crippen molar-refractivity contribution in [1.29, 1.82) is 0 Å². The van der Waals surface area contributed by atoms with Crippen molar-refractivity contribution in [3.8, 4) is 5.75 Å². The second-order valence-electron chi connectivity index (χ2n) is 6.72. The minimum absolute atomic E-state index is 0.000187. The first-order valence-electron chi connectivity index (χ1n) is 9.74. The molecule has 0 unspecified atom stereocenters. The van der Waals surface area contributed by atoms with Crippen molar-refractivity contribution >= 4 is 17.2 Å². The first-order valence-corrected chi connectivity index (χ1v) is 10.6. The summed E-state index contributed by atoms with van der Waals surface area (Å²) in [5, 5.41) is 11.1. The fourth-order valence-electron chi connectivity index (χ4n) is 2.99. The standard InChI is InChI=1S/C21H26N4O3S/c1-15-18(29-14-23-15)8-5-13-22-19(26)10-12-21-25-24-20(28-21)11-9-16-6-3-4-7-17(16)27-2/h3-4,6-7,14H,5,8-13H2,1-2H3,(H,22,26). The normalized spacial score (nSPS) is 10.8. The summed E-state index contributed by atoms with van der Waals surface area (Å²) < 4.78 is 11.0. The molecule has 2 aromatic heterocycles. The smallest absolute Gasteiger partial charge is 0.220 e. The van der Waals surface area contributed by atoms with Crippen LogP contribution >= 0.6 is 11.3 Å². The van der Waals surface area contributed by atoms with Gasteiger partial charge in [0, 0.05) is 30.7 Å². The number of carbonyl (C=O) groups excluding carboxylic acids is 1. The van der Waals surface area contributed by atoms with Crippen LogP contribution in [0.15, 0.2) is 34.2 Å². The number of methoxy groups -OCH3 is 1. The molecule has 8 heteroatoms. The second-order valence-corrected chi connectivity index (χ2v) is 7.66. The Balaban J connectivity index is 1.35. The molecule has 1 aromatic carbocycles. The summed E-state index contributed by atoms with van der Waals surface area (Å²) in [6.45, 7) is 2.67. The third-order valence-electron chi connectivity index (χ3n) is 4.62. The molecule has 0 bridgehead atoms. The van der Waals surface area contributed by atoms with Crippen LogP contribution in [0.5, 0.6) is 5.75 Å². The molecule has 0 saturated carbocycles. The number of para-hydroxylation sites is 1. The van der Waals surface area contributed by atoms with Crippen LogP contribution in [0, 0.1) is 6.92 Å². The maximum absolute atomic E-state index is 12.0. The van der Waals surface area contributed by atoms with E-state index in [-0.39, 0.29) is 5.91 Å². The van der Waals surface area contributed by atoms with E-state index in [0.717, 1.165) is 36.3 Å². The molecule has 0 fully saturated rings. The predicted molar refractivity (Wildman–Crippen MR) is 111 cm³/mol. The second kappa shape index (κ2) is 10.7. The lowest BCUT2D eigenvalue weighted by Gasteiger charge is -2.06. The zero-order chi connectivity index (χ0) is 20.5. The lowest BCUT2D eigenvalue weighted by atomic mass is 10.1. The highest BCUT2D eigenvalue weighted by atomic mass is 32.1. The van der Waals surface area contributed by atoms with E-state index in [1.807, 2.05) is 36.7 Å². The summed E-state index contributed by atoms with van der Waals surface area (Å²) in [4.78, 5) is 17.5. The van der Waals surface area contributed by atoms with Gasteiger partial charge in [-0.25, -0.2) is 4.98 Å². The van der Waals surface area contributed by atoms with E-state index in [0.29, 0.717) is 37.6 Å². The van der Waals surface area contributed by atoms with Crippen LogP contribution in [0.25, 0.3) is 0 Å². The van der Waals surface area contributed by atoms with Crippen molar-refractivity contribution in [3.05, 3.63) is 57.7 Å². The molecule has 0 atom stereocenters. The van der Waals surface area contributed by atoms with E-state index in [1.165, 1.54) is 4.88 Å². The van der Waals surface area contributed by atoms with Crippen molar-refractivity contribution in [2.45, 2.75) is 45.4 Å². The molecule has 0 aliphatic rings. The predicted octanol–water partition coefficient (Wildman–Crippen LogP) is 3.31. The number of thiazole rings is 1. The number of aromatic nitrogens is 3. The van der Waals surface area contributed by atoms with E-state index < -0.39 is 0 Å². The van der Waals surface area contributed by atoms with Crippen LogP contribution in [-0.4, -0.2) is 34.7 Å². The van der Waals surface area contributed by atoms with Gasteiger partial charge in [-0.15, -0.1) is 21.5 Å².